The van der Waals surface area contributed by atoms with Crippen molar-refractivity contribution >= 4 is 5.97 Å². The van der Waals surface area contributed by atoms with Gasteiger partial charge in [0.25, 0.3) is 0 Å². The lowest BCUT2D eigenvalue weighted by molar-refractivity contribution is -0.167. The van der Waals surface area contributed by atoms with Gasteiger partial charge in [-0.25, -0.2) is 0 Å². The molecule has 3 heteroatoms. The van der Waals surface area contributed by atoms with E-state index in [4.69, 9.17) is 9.47 Å². The Kier molecular flexibility index (Phi) is 5.67. The van der Waals surface area contributed by atoms with E-state index >= 15 is 0 Å². The molecule has 0 unspecified atom stereocenters. The first-order chi connectivity index (χ1) is 15.5. The van der Waals surface area contributed by atoms with E-state index in [2.05, 4.69) is 47.6 Å². The Morgan fingerprint density at radius 2 is 1.85 bits per heavy atom. The van der Waals surface area contributed by atoms with Crippen LogP contribution in [-0.4, -0.2) is 23.3 Å². The highest BCUT2D eigenvalue weighted by atomic mass is 16.6. The molecule has 3 nitrogen and oxygen atoms in total. The van der Waals surface area contributed by atoms with Crippen LogP contribution < -0.4 is 0 Å². The molecule has 5 rings (SSSR count). The standard InChI is InChI=1S/C30H48O3/c1-19(2)20(3)8-9-21(4)24-10-11-25-27(24,6)14-13-26-28(7)15-12-23(32-22(5)31)18-29(28)16-17-30(25,26)33-29/h13,19-21,23-25H,8-12,14-18H2,1-7H3/t20-,21+,23+,24+,25+,27+,28+,29+,30-/m0/s1. The average molecular weight is 457 g/mol. The Morgan fingerprint density at radius 3 is 2.55 bits per heavy atom. The summed E-state index contributed by atoms with van der Waals surface area (Å²) >= 11 is 0. The van der Waals surface area contributed by atoms with Crippen molar-refractivity contribution in [3.63, 3.8) is 0 Å². The van der Waals surface area contributed by atoms with Gasteiger partial charge in [-0.05, 0) is 85.5 Å². The number of carbonyl (C=O) groups excluding carboxylic acids is 1. The Labute approximate surface area is 202 Å². The van der Waals surface area contributed by atoms with Gasteiger partial charge in [-0.15, -0.1) is 0 Å². The lowest BCUT2D eigenvalue weighted by Gasteiger charge is -2.54. The van der Waals surface area contributed by atoms with E-state index in [0.29, 0.717) is 11.3 Å². The van der Waals surface area contributed by atoms with E-state index < -0.39 is 0 Å². The van der Waals surface area contributed by atoms with Crippen molar-refractivity contribution in [2.75, 3.05) is 0 Å². The highest BCUT2D eigenvalue weighted by Crippen LogP contribution is 2.76. The maximum atomic E-state index is 11.7. The fraction of sp³-hybridized carbons (Fsp3) is 0.900. The molecular weight excluding hydrogens is 408 g/mol. The first-order valence-corrected chi connectivity index (χ1v) is 14.1. The minimum atomic E-state index is -0.144. The summed E-state index contributed by atoms with van der Waals surface area (Å²) in [6, 6.07) is 0. The number of hydrogen-bond acceptors (Lipinski definition) is 3. The molecule has 33 heavy (non-hydrogen) atoms. The molecule has 0 aromatic heterocycles. The molecule has 2 saturated carbocycles. The van der Waals surface area contributed by atoms with Crippen LogP contribution in [0.2, 0.25) is 0 Å². The number of esters is 1. The van der Waals surface area contributed by atoms with Crippen LogP contribution >= 0.6 is 0 Å². The van der Waals surface area contributed by atoms with Crippen LogP contribution in [0.4, 0.5) is 0 Å². The van der Waals surface area contributed by atoms with Crippen molar-refractivity contribution in [2.24, 2.45) is 40.4 Å². The number of hydrogen-bond donors (Lipinski definition) is 0. The normalized spacial score (nSPS) is 47.5. The van der Waals surface area contributed by atoms with Gasteiger partial charge in [-0.2, -0.15) is 0 Å². The monoisotopic (exact) mass is 456 g/mol. The molecule has 0 radical (unpaired) electrons. The number of allylic oxidation sites excluding steroid dienone is 1. The third-order valence-electron chi connectivity index (χ3n) is 11.8. The molecule has 2 aliphatic heterocycles. The van der Waals surface area contributed by atoms with Crippen molar-refractivity contribution in [1.29, 1.82) is 0 Å². The van der Waals surface area contributed by atoms with Crippen molar-refractivity contribution in [2.45, 2.75) is 130 Å². The smallest absolute Gasteiger partial charge is 0.302 e. The van der Waals surface area contributed by atoms with Gasteiger partial charge in [0.1, 0.15) is 6.10 Å². The van der Waals surface area contributed by atoms with E-state index in [9.17, 15) is 4.79 Å². The molecule has 3 aliphatic carbocycles. The van der Waals surface area contributed by atoms with E-state index in [1.54, 1.807) is 12.5 Å². The van der Waals surface area contributed by atoms with Gasteiger partial charge in [0.2, 0.25) is 0 Å². The molecule has 2 spiro atoms. The SMILES string of the molecule is CC(=O)O[C@@H]1CC[C@]2(C)C3=CC[C@]4(C)[C@@H]([C@H](C)CC[C@H](C)C(C)C)CC[C@H]4[C@@]34CC[C@]2(C1)O4. The number of fused-ring (bicyclic) bond motifs is 2. The number of carbonyl (C=O) groups is 1. The van der Waals surface area contributed by atoms with Crippen molar-refractivity contribution < 1.29 is 14.3 Å². The first-order valence-electron chi connectivity index (χ1n) is 14.1. The van der Waals surface area contributed by atoms with Crippen molar-refractivity contribution in [3.05, 3.63) is 11.6 Å². The summed E-state index contributed by atoms with van der Waals surface area (Å²) in [5, 5.41) is 0. The van der Waals surface area contributed by atoms with E-state index in [1.807, 2.05) is 0 Å². The Hall–Kier alpha value is -0.830. The predicted octanol–water partition coefficient (Wildman–Crippen LogP) is 7.48. The quantitative estimate of drug-likeness (QED) is 0.307. The molecule has 9 atom stereocenters. The maximum Gasteiger partial charge on any atom is 0.302 e. The Balaban J connectivity index is 1.39. The second-order valence-corrected chi connectivity index (χ2v) is 13.6. The first kappa shape index (κ1) is 23.9. The summed E-state index contributed by atoms with van der Waals surface area (Å²) in [4.78, 5) is 11.7. The fourth-order valence-corrected chi connectivity index (χ4v) is 9.59. The maximum absolute atomic E-state index is 11.7. The van der Waals surface area contributed by atoms with Crippen LogP contribution in [0, 0.1) is 40.4 Å². The third kappa shape index (κ3) is 3.26. The second kappa shape index (κ2) is 7.84. The number of ether oxygens (including phenoxy) is 2. The van der Waals surface area contributed by atoms with E-state index in [0.717, 1.165) is 49.4 Å². The summed E-state index contributed by atoms with van der Waals surface area (Å²) in [5.41, 5.74) is 1.95. The van der Waals surface area contributed by atoms with Crippen LogP contribution in [0.5, 0.6) is 0 Å². The summed E-state index contributed by atoms with van der Waals surface area (Å²) < 4.78 is 13.1. The van der Waals surface area contributed by atoms with Crippen molar-refractivity contribution in [3.8, 4) is 0 Å². The molecule has 2 bridgehead atoms. The van der Waals surface area contributed by atoms with Gasteiger partial charge < -0.3 is 9.47 Å². The van der Waals surface area contributed by atoms with Crippen LogP contribution in [0.3, 0.4) is 0 Å². The lowest BCUT2D eigenvalue weighted by atomic mass is 9.48. The predicted molar refractivity (Wildman–Crippen MR) is 133 cm³/mol. The molecule has 2 heterocycles. The molecule has 4 fully saturated rings. The summed E-state index contributed by atoms with van der Waals surface area (Å²) in [6.07, 6.45) is 14.6. The van der Waals surface area contributed by atoms with Crippen LogP contribution in [0.25, 0.3) is 0 Å². The molecule has 186 valence electrons. The molecule has 0 aromatic carbocycles. The van der Waals surface area contributed by atoms with Crippen LogP contribution in [0.15, 0.2) is 11.6 Å². The van der Waals surface area contributed by atoms with Gasteiger partial charge in [-0.3, -0.25) is 4.79 Å². The number of rotatable bonds is 6. The largest absolute Gasteiger partial charge is 0.462 e. The van der Waals surface area contributed by atoms with Crippen molar-refractivity contribution in [1.82, 2.24) is 0 Å². The zero-order valence-corrected chi connectivity index (χ0v) is 22.3. The van der Waals surface area contributed by atoms with Gasteiger partial charge in [0.05, 0.1) is 11.2 Å². The lowest BCUT2D eigenvalue weighted by Crippen LogP contribution is -2.53. The zero-order chi connectivity index (χ0) is 23.8. The highest BCUT2D eigenvalue weighted by molar-refractivity contribution is 5.66. The van der Waals surface area contributed by atoms with Crippen LogP contribution in [0.1, 0.15) is 113 Å². The summed E-state index contributed by atoms with van der Waals surface area (Å²) in [6.45, 7) is 16.4. The van der Waals surface area contributed by atoms with E-state index in [-0.39, 0.29) is 28.7 Å². The van der Waals surface area contributed by atoms with Gasteiger partial charge in [-0.1, -0.05) is 60.5 Å². The Bertz CT molecular complexity index is 830. The van der Waals surface area contributed by atoms with Crippen LogP contribution in [-0.2, 0) is 14.3 Å². The molecule has 0 N–H and O–H groups in total. The minimum absolute atomic E-state index is 0.0251. The Morgan fingerprint density at radius 1 is 1.09 bits per heavy atom. The minimum Gasteiger partial charge on any atom is -0.462 e. The summed E-state index contributed by atoms with van der Waals surface area (Å²) in [7, 11) is 0. The fourth-order valence-electron chi connectivity index (χ4n) is 9.59. The summed E-state index contributed by atoms with van der Waals surface area (Å²) in [5.74, 6) is 3.69. The van der Waals surface area contributed by atoms with E-state index in [1.165, 1.54) is 38.5 Å². The molecule has 0 aromatic rings. The second-order valence-electron chi connectivity index (χ2n) is 13.6. The molecular formula is C30H48O3. The zero-order valence-electron chi connectivity index (χ0n) is 22.3. The average Bonchev–Trinajstić information content (AvgIpc) is 3.35. The third-order valence-corrected chi connectivity index (χ3v) is 11.8. The highest BCUT2D eigenvalue weighted by Gasteiger charge is 2.76. The molecule has 0 amide bonds. The van der Waals surface area contributed by atoms with Gasteiger partial charge >= 0.3 is 5.97 Å². The topological polar surface area (TPSA) is 35.5 Å². The molecule has 5 aliphatic rings. The molecule has 2 saturated heterocycles. The van der Waals surface area contributed by atoms with Gasteiger partial charge in [0.15, 0.2) is 0 Å². The van der Waals surface area contributed by atoms with Gasteiger partial charge in [0, 0.05) is 18.8 Å².